The highest BCUT2D eigenvalue weighted by molar-refractivity contribution is 5.40. The molecular weight excluding hydrogens is 173 g/mol. The largest absolute Gasteiger partial charge is 0.508 e. The smallest absolute Gasteiger partial charge is 0.120 e. The molecule has 1 atom stereocenters. The van der Waals surface area contributed by atoms with Crippen LogP contribution < -0.4 is 5.73 Å². The van der Waals surface area contributed by atoms with E-state index in [1.165, 1.54) is 18.2 Å². The molecule has 0 heterocycles. The Labute approximate surface area is 75.6 Å². The first-order chi connectivity index (χ1) is 6.15. The van der Waals surface area contributed by atoms with Crippen molar-refractivity contribution in [2.24, 2.45) is 5.73 Å². The zero-order chi connectivity index (χ0) is 9.84. The van der Waals surface area contributed by atoms with Crippen molar-refractivity contribution in [1.29, 1.82) is 0 Å². The van der Waals surface area contributed by atoms with Crippen molar-refractivity contribution in [1.82, 2.24) is 0 Å². The lowest BCUT2D eigenvalue weighted by Gasteiger charge is -2.11. The van der Waals surface area contributed by atoms with Gasteiger partial charge in [0, 0.05) is 11.6 Å². The predicted octanol–water partition coefficient (Wildman–Crippen LogP) is 1.46. The minimum atomic E-state index is -0.572. The number of benzene rings is 1. The summed E-state index contributed by atoms with van der Waals surface area (Å²) in [7, 11) is 0. The van der Waals surface area contributed by atoms with Crippen molar-refractivity contribution >= 4 is 0 Å². The fraction of sp³-hybridized carbons (Fsp3) is 0.333. The Kier molecular flexibility index (Phi) is 3.08. The normalized spacial score (nSPS) is 12.8. The van der Waals surface area contributed by atoms with Crippen LogP contribution in [0.2, 0.25) is 0 Å². The van der Waals surface area contributed by atoms with Crippen LogP contribution >= 0.6 is 0 Å². The van der Waals surface area contributed by atoms with Crippen LogP contribution in [0.1, 0.15) is 18.0 Å². The zero-order valence-corrected chi connectivity index (χ0v) is 7.07. The number of rotatable bonds is 3. The maximum atomic E-state index is 11.9. The number of alkyl halides is 1. The van der Waals surface area contributed by atoms with E-state index in [1.54, 1.807) is 0 Å². The van der Waals surface area contributed by atoms with E-state index in [4.69, 9.17) is 10.8 Å². The summed E-state index contributed by atoms with van der Waals surface area (Å²) in [6.07, 6.45) is 0.136. The van der Waals surface area contributed by atoms with Crippen LogP contribution in [0.25, 0.3) is 0 Å². The van der Waals surface area contributed by atoms with Gasteiger partial charge in [-0.15, -0.1) is 0 Å². The number of halogens is 1. The summed E-state index contributed by atoms with van der Waals surface area (Å²) in [5.74, 6) is 0.000795. The number of hydrogen-bond donors (Lipinski definition) is 3. The van der Waals surface area contributed by atoms with Crippen molar-refractivity contribution in [3.05, 3.63) is 23.8 Å². The highest BCUT2D eigenvalue weighted by atomic mass is 19.1. The van der Waals surface area contributed by atoms with E-state index in [1.807, 2.05) is 0 Å². The Bertz CT molecular complexity index is 291. The molecule has 0 bridgehead atoms. The molecule has 1 rings (SSSR count). The van der Waals surface area contributed by atoms with Gasteiger partial charge in [0.05, 0.1) is 6.67 Å². The molecule has 0 aliphatic rings. The minimum absolute atomic E-state index is 0.0150. The second-order valence-corrected chi connectivity index (χ2v) is 2.83. The highest BCUT2D eigenvalue weighted by Crippen LogP contribution is 2.28. The highest BCUT2D eigenvalue weighted by Gasteiger charge is 2.10. The van der Waals surface area contributed by atoms with Gasteiger partial charge in [0.15, 0.2) is 0 Å². The van der Waals surface area contributed by atoms with Crippen molar-refractivity contribution in [3.63, 3.8) is 0 Å². The quantitative estimate of drug-likeness (QED) is 0.624. The van der Waals surface area contributed by atoms with Gasteiger partial charge < -0.3 is 15.9 Å². The molecule has 0 saturated heterocycles. The Balaban J connectivity index is 2.91. The van der Waals surface area contributed by atoms with Crippen molar-refractivity contribution in [3.8, 4) is 11.5 Å². The van der Waals surface area contributed by atoms with Gasteiger partial charge in [-0.1, -0.05) is 0 Å². The van der Waals surface area contributed by atoms with Gasteiger partial charge in [-0.2, -0.15) is 0 Å². The molecule has 0 radical (unpaired) electrons. The number of nitrogens with two attached hydrogens (primary N) is 1. The van der Waals surface area contributed by atoms with Crippen molar-refractivity contribution < 1.29 is 14.6 Å². The first-order valence-corrected chi connectivity index (χ1v) is 3.98. The van der Waals surface area contributed by atoms with E-state index >= 15 is 0 Å². The monoisotopic (exact) mass is 185 g/mol. The van der Waals surface area contributed by atoms with E-state index in [0.717, 1.165) is 0 Å². The van der Waals surface area contributed by atoms with Crippen LogP contribution in [0.4, 0.5) is 4.39 Å². The van der Waals surface area contributed by atoms with E-state index < -0.39 is 12.7 Å². The number of aromatic hydroxyl groups is 2. The summed E-state index contributed by atoms with van der Waals surface area (Å²) in [5.41, 5.74) is 5.94. The number of hydrogen-bond acceptors (Lipinski definition) is 3. The molecule has 0 spiro atoms. The maximum Gasteiger partial charge on any atom is 0.120 e. The summed E-state index contributed by atoms with van der Waals surface area (Å²) < 4.78 is 11.9. The summed E-state index contributed by atoms with van der Waals surface area (Å²) in [5, 5.41) is 18.4. The van der Waals surface area contributed by atoms with Crippen LogP contribution in [-0.4, -0.2) is 16.9 Å². The van der Waals surface area contributed by atoms with Crippen LogP contribution in [0.3, 0.4) is 0 Å². The Morgan fingerprint density at radius 1 is 1.38 bits per heavy atom. The van der Waals surface area contributed by atoms with Crippen LogP contribution in [0.15, 0.2) is 18.2 Å². The van der Waals surface area contributed by atoms with Crippen LogP contribution in [-0.2, 0) is 0 Å². The third-order valence-corrected chi connectivity index (χ3v) is 1.83. The standard InChI is InChI=1S/C9H12FNO2/c10-4-3-8(11)7-5-6(12)1-2-9(7)13/h1-2,5,8,12-13H,3-4,11H2/t8-/m0/s1. The van der Waals surface area contributed by atoms with Gasteiger partial charge in [0.2, 0.25) is 0 Å². The van der Waals surface area contributed by atoms with E-state index in [9.17, 15) is 9.50 Å². The summed E-state index contributed by atoms with van der Waals surface area (Å²) in [6.45, 7) is -0.545. The molecule has 0 saturated carbocycles. The molecule has 0 unspecified atom stereocenters. The van der Waals surface area contributed by atoms with Gasteiger partial charge in [-0.25, -0.2) is 0 Å². The van der Waals surface area contributed by atoms with Gasteiger partial charge in [0.1, 0.15) is 11.5 Å². The third kappa shape index (κ3) is 2.32. The molecular formula is C9H12FNO2. The molecule has 0 amide bonds. The predicted molar refractivity (Wildman–Crippen MR) is 47.3 cm³/mol. The first kappa shape index (κ1) is 9.80. The molecule has 0 fully saturated rings. The molecule has 72 valence electrons. The lowest BCUT2D eigenvalue weighted by molar-refractivity contribution is 0.419. The lowest BCUT2D eigenvalue weighted by atomic mass is 10.0. The first-order valence-electron chi connectivity index (χ1n) is 3.98. The van der Waals surface area contributed by atoms with E-state index in [-0.39, 0.29) is 17.9 Å². The molecule has 4 heteroatoms. The molecule has 0 aromatic heterocycles. The Hall–Kier alpha value is -1.29. The Morgan fingerprint density at radius 3 is 2.69 bits per heavy atom. The van der Waals surface area contributed by atoms with Gasteiger partial charge >= 0.3 is 0 Å². The molecule has 0 aliphatic heterocycles. The summed E-state index contributed by atoms with van der Waals surface area (Å²) in [6, 6.07) is 3.46. The van der Waals surface area contributed by atoms with Gasteiger partial charge in [-0.3, -0.25) is 4.39 Å². The van der Waals surface area contributed by atoms with E-state index in [2.05, 4.69) is 0 Å². The molecule has 4 N–H and O–H groups in total. The molecule has 1 aromatic rings. The van der Waals surface area contributed by atoms with E-state index in [0.29, 0.717) is 5.56 Å². The molecule has 3 nitrogen and oxygen atoms in total. The number of phenols is 2. The average molecular weight is 185 g/mol. The molecule has 0 aliphatic carbocycles. The topological polar surface area (TPSA) is 66.5 Å². The Morgan fingerprint density at radius 2 is 2.08 bits per heavy atom. The zero-order valence-electron chi connectivity index (χ0n) is 7.07. The summed E-state index contributed by atoms with van der Waals surface area (Å²) in [4.78, 5) is 0. The fourth-order valence-corrected chi connectivity index (χ4v) is 1.11. The van der Waals surface area contributed by atoms with Crippen molar-refractivity contribution in [2.75, 3.05) is 6.67 Å². The molecule has 1 aromatic carbocycles. The number of phenolic OH excluding ortho intramolecular Hbond substituents is 2. The minimum Gasteiger partial charge on any atom is -0.508 e. The maximum absolute atomic E-state index is 11.9. The van der Waals surface area contributed by atoms with Gasteiger partial charge in [-0.05, 0) is 24.6 Å². The second-order valence-electron chi connectivity index (χ2n) is 2.83. The second kappa shape index (κ2) is 4.09. The fourth-order valence-electron chi connectivity index (χ4n) is 1.11. The summed E-state index contributed by atoms with van der Waals surface area (Å²) >= 11 is 0. The van der Waals surface area contributed by atoms with Crippen LogP contribution in [0.5, 0.6) is 11.5 Å². The third-order valence-electron chi connectivity index (χ3n) is 1.83. The van der Waals surface area contributed by atoms with Crippen LogP contribution in [0, 0.1) is 0 Å². The average Bonchev–Trinajstić information content (AvgIpc) is 2.09. The van der Waals surface area contributed by atoms with Gasteiger partial charge in [0.25, 0.3) is 0 Å². The van der Waals surface area contributed by atoms with Crippen molar-refractivity contribution in [2.45, 2.75) is 12.5 Å². The lowest BCUT2D eigenvalue weighted by Crippen LogP contribution is -2.10. The SMILES string of the molecule is N[C@@H](CCF)c1cc(O)ccc1O. The molecule has 13 heavy (non-hydrogen) atoms.